The minimum Gasteiger partial charge on any atom is -0.327 e. The second kappa shape index (κ2) is 2.48. The van der Waals surface area contributed by atoms with E-state index in [1.807, 2.05) is 0 Å². The van der Waals surface area contributed by atoms with E-state index in [-0.39, 0.29) is 0 Å². The lowest BCUT2D eigenvalue weighted by Gasteiger charge is -2.32. The molecule has 0 aromatic heterocycles. The zero-order valence-corrected chi connectivity index (χ0v) is 7.47. The van der Waals surface area contributed by atoms with Gasteiger partial charge in [0, 0.05) is 6.04 Å². The van der Waals surface area contributed by atoms with Gasteiger partial charge in [-0.1, -0.05) is 13.3 Å². The molecule has 0 aromatic carbocycles. The molecule has 0 heterocycles. The van der Waals surface area contributed by atoms with Gasteiger partial charge in [0.15, 0.2) is 0 Å². The van der Waals surface area contributed by atoms with E-state index >= 15 is 0 Å². The maximum atomic E-state index is 6.14. The highest BCUT2D eigenvalue weighted by atomic mass is 14.8. The van der Waals surface area contributed by atoms with Crippen LogP contribution in [0.1, 0.15) is 45.4 Å². The lowest BCUT2D eigenvalue weighted by atomic mass is 9.77. The molecule has 2 aliphatic rings. The van der Waals surface area contributed by atoms with Crippen LogP contribution in [0, 0.1) is 11.3 Å². The molecule has 0 aliphatic heterocycles. The van der Waals surface area contributed by atoms with Crippen LogP contribution in [-0.4, -0.2) is 6.04 Å². The predicted octanol–water partition coefficient (Wildman–Crippen LogP) is 2.30. The molecule has 64 valence electrons. The first-order valence-electron chi connectivity index (χ1n) is 5.02. The fourth-order valence-corrected chi connectivity index (χ4v) is 3.33. The third-order valence-electron chi connectivity index (χ3n) is 3.87. The van der Waals surface area contributed by atoms with Gasteiger partial charge in [-0.2, -0.15) is 0 Å². The summed E-state index contributed by atoms with van der Waals surface area (Å²) in [5.74, 6) is 0.997. The van der Waals surface area contributed by atoms with Gasteiger partial charge in [-0.25, -0.2) is 0 Å². The second-order valence-corrected chi connectivity index (χ2v) is 4.56. The van der Waals surface area contributed by atoms with Crippen LogP contribution in [-0.2, 0) is 0 Å². The van der Waals surface area contributed by atoms with Crippen LogP contribution >= 0.6 is 0 Å². The van der Waals surface area contributed by atoms with Crippen molar-refractivity contribution < 1.29 is 0 Å². The van der Waals surface area contributed by atoms with Gasteiger partial charge in [0.05, 0.1) is 0 Å². The molecule has 0 amide bonds. The number of hydrogen-bond acceptors (Lipinski definition) is 1. The summed E-state index contributed by atoms with van der Waals surface area (Å²) < 4.78 is 0. The summed E-state index contributed by atoms with van der Waals surface area (Å²) in [5.41, 5.74) is 6.74. The molecular formula is C10H19N. The molecular weight excluding hydrogens is 134 g/mol. The maximum Gasteiger partial charge on any atom is 0.00983 e. The Hall–Kier alpha value is -0.0400. The summed E-state index contributed by atoms with van der Waals surface area (Å²) in [4.78, 5) is 0. The Morgan fingerprint density at radius 2 is 2.36 bits per heavy atom. The molecule has 0 radical (unpaired) electrons. The van der Waals surface area contributed by atoms with Crippen molar-refractivity contribution in [1.29, 1.82) is 0 Å². The Labute approximate surface area is 69.4 Å². The zero-order valence-electron chi connectivity index (χ0n) is 7.47. The molecule has 2 aliphatic carbocycles. The van der Waals surface area contributed by atoms with E-state index in [2.05, 4.69) is 6.92 Å². The van der Waals surface area contributed by atoms with E-state index in [0.717, 1.165) is 5.92 Å². The van der Waals surface area contributed by atoms with E-state index in [9.17, 15) is 0 Å². The predicted molar refractivity (Wildman–Crippen MR) is 47.3 cm³/mol. The van der Waals surface area contributed by atoms with Gasteiger partial charge < -0.3 is 5.73 Å². The van der Waals surface area contributed by atoms with Crippen LogP contribution in [0.25, 0.3) is 0 Å². The van der Waals surface area contributed by atoms with Crippen LogP contribution < -0.4 is 5.73 Å². The zero-order chi connectivity index (χ0) is 7.90. The van der Waals surface area contributed by atoms with Crippen molar-refractivity contribution in [2.45, 2.75) is 51.5 Å². The highest BCUT2D eigenvalue weighted by Gasteiger charge is 2.49. The molecule has 3 atom stereocenters. The lowest BCUT2D eigenvalue weighted by Crippen LogP contribution is -2.37. The van der Waals surface area contributed by atoms with Gasteiger partial charge in [0.2, 0.25) is 0 Å². The molecule has 2 fully saturated rings. The van der Waals surface area contributed by atoms with Gasteiger partial charge in [0.1, 0.15) is 0 Å². The van der Waals surface area contributed by atoms with Crippen LogP contribution in [0.5, 0.6) is 0 Å². The van der Waals surface area contributed by atoms with Crippen molar-refractivity contribution in [1.82, 2.24) is 0 Å². The quantitative estimate of drug-likeness (QED) is 0.647. The Bertz CT molecular complexity index is 155. The number of rotatable bonds is 2. The summed E-state index contributed by atoms with van der Waals surface area (Å²) >= 11 is 0. The van der Waals surface area contributed by atoms with Crippen molar-refractivity contribution >= 4 is 0 Å². The van der Waals surface area contributed by atoms with E-state index < -0.39 is 0 Å². The van der Waals surface area contributed by atoms with Gasteiger partial charge in [-0.05, 0) is 43.4 Å². The number of fused-ring (bicyclic) bond motifs is 2. The van der Waals surface area contributed by atoms with Crippen LogP contribution in [0.4, 0.5) is 0 Å². The molecule has 2 rings (SSSR count). The van der Waals surface area contributed by atoms with Crippen molar-refractivity contribution in [3.8, 4) is 0 Å². The normalized spacial score (nSPS) is 48.5. The molecule has 3 unspecified atom stereocenters. The standard InChI is InChI=1S/C10H19N/c1-2-4-10-5-3-8(7-10)6-9(10)11/h8-9H,2-7,11H2,1H3. The van der Waals surface area contributed by atoms with E-state index in [0.29, 0.717) is 11.5 Å². The third-order valence-corrected chi connectivity index (χ3v) is 3.87. The summed E-state index contributed by atoms with van der Waals surface area (Å²) in [7, 11) is 0. The van der Waals surface area contributed by atoms with Crippen LogP contribution in [0.2, 0.25) is 0 Å². The first-order chi connectivity index (χ1) is 5.27. The number of hydrogen-bond donors (Lipinski definition) is 1. The molecule has 0 aromatic rings. The highest BCUT2D eigenvalue weighted by molar-refractivity contribution is 5.03. The minimum atomic E-state index is 0.543. The molecule has 2 N–H and O–H groups in total. The Morgan fingerprint density at radius 3 is 2.82 bits per heavy atom. The van der Waals surface area contributed by atoms with E-state index in [1.165, 1.54) is 38.5 Å². The fourth-order valence-electron chi connectivity index (χ4n) is 3.33. The second-order valence-electron chi connectivity index (χ2n) is 4.56. The van der Waals surface area contributed by atoms with Crippen molar-refractivity contribution in [2.24, 2.45) is 17.1 Å². The summed E-state index contributed by atoms with van der Waals surface area (Å²) in [6.07, 6.45) is 8.35. The van der Waals surface area contributed by atoms with Crippen LogP contribution in [0.15, 0.2) is 0 Å². The van der Waals surface area contributed by atoms with Crippen molar-refractivity contribution in [3.63, 3.8) is 0 Å². The monoisotopic (exact) mass is 153 g/mol. The maximum absolute atomic E-state index is 6.14. The largest absolute Gasteiger partial charge is 0.327 e. The Morgan fingerprint density at radius 1 is 1.55 bits per heavy atom. The molecule has 2 bridgehead atoms. The molecule has 1 nitrogen and oxygen atoms in total. The topological polar surface area (TPSA) is 26.0 Å². The first kappa shape index (κ1) is 7.60. The molecule has 1 heteroatoms. The van der Waals surface area contributed by atoms with E-state index in [1.54, 1.807) is 0 Å². The molecule has 0 spiro atoms. The van der Waals surface area contributed by atoms with Crippen LogP contribution in [0.3, 0.4) is 0 Å². The van der Waals surface area contributed by atoms with Gasteiger partial charge >= 0.3 is 0 Å². The third kappa shape index (κ3) is 1.01. The Balaban J connectivity index is 2.10. The SMILES string of the molecule is CCCC12CCC(CC1N)C2. The average Bonchev–Trinajstić information content (AvgIpc) is 2.45. The summed E-state index contributed by atoms with van der Waals surface area (Å²) in [6.45, 7) is 2.28. The first-order valence-corrected chi connectivity index (χ1v) is 5.02. The summed E-state index contributed by atoms with van der Waals surface area (Å²) in [5, 5.41) is 0. The summed E-state index contributed by atoms with van der Waals surface area (Å²) in [6, 6.07) is 0.543. The van der Waals surface area contributed by atoms with E-state index in [4.69, 9.17) is 5.73 Å². The highest BCUT2D eigenvalue weighted by Crippen LogP contribution is 2.55. The fraction of sp³-hybridized carbons (Fsp3) is 1.00. The van der Waals surface area contributed by atoms with Crippen molar-refractivity contribution in [2.75, 3.05) is 0 Å². The molecule has 0 saturated heterocycles. The molecule has 2 saturated carbocycles. The average molecular weight is 153 g/mol. The number of nitrogens with two attached hydrogens (primary N) is 1. The van der Waals surface area contributed by atoms with Crippen molar-refractivity contribution in [3.05, 3.63) is 0 Å². The van der Waals surface area contributed by atoms with Gasteiger partial charge in [-0.15, -0.1) is 0 Å². The minimum absolute atomic E-state index is 0.543. The van der Waals surface area contributed by atoms with Gasteiger partial charge in [0.25, 0.3) is 0 Å². The van der Waals surface area contributed by atoms with Gasteiger partial charge in [-0.3, -0.25) is 0 Å². The molecule has 11 heavy (non-hydrogen) atoms. The smallest absolute Gasteiger partial charge is 0.00983 e. The Kier molecular flexibility index (Phi) is 1.71. The lowest BCUT2D eigenvalue weighted by molar-refractivity contribution is 0.228.